The van der Waals surface area contributed by atoms with Gasteiger partial charge in [0.15, 0.2) is 18.9 Å². The molecule has 0 radical (unpaired) electrons. The van der Waals surface area contributed by atoms with Gasteiger partial charge in [-0.25, -0.2) is 0 Å². The summed E-state index contributed by atoms with van der Waals surface area (Å²) in [5.41, 5.74) is -2.01. The van der Waals surface area contributed by atoms with Crippen LogP contribution in [0.5, 0.6) is 11.5 Å². The largest absolute Gasteiger partial charge is 0.508 e. The summed E-state index contributed by atoms with van der Waals surface area (Å²) in [6, 6.07) is 13.7. The smallest absolute Gasteiger partial charge is 0.187 e. The van der Waals surface area contributed by atoms with Crippen molar-refractivity contribution in [2.24, 2.45) is 0 Å². The van der Waals surface area contributed by atoms with Crippen LogP contribution >= 0.6 is 0 Å². The Morgan fingerprint density at radius 3 is 1.80 bits per heavy atom. The van der Waals surface area contributed by atoms with E-state index in [1.807, 2.05) is 12.1 Å². The van der Waals surface area contributed by atoms with Crippen molar-refractivity contribution < 1.29 is 79.5 Å². The molecule has 2 aromatic rings. The summed E-state index contributed by atoms with van der Waals surface area (Å²) in [5, 5.41) is 103. The highest BCUT2D eigenvalue weighted by molar-refractivity contribution is 5.26. The molecule has 0 aromatic heterocycles. The van der Waals surface area contributed by atoms with Crippen LogP contribution in [0, 0.1) is 0 Å². The molecule has 16 nitrogen and oxygen atoms in total. The number of ether oxygens (including phenoxy) is 6. The van der Waals surface area contributed by atoms with Crippen molar-refractivity contribution >= 4 is 0 Å². The van der Waals surface area contributed by atoms with Crippen molar-refractivity contribution in [1.29, 1.82) is 0 Å². The first-order chi connectivity index (χ1) is 24.4. The number of phenols is 2. The molecule has 5 rings (SSSR count). The number of rotatable bonds is 17. The van der Waals surface area contributed by atoms with Crippen molar-refractivity contribution in [2.75, 3.05) is 33.0 Å². The quantitative estimate of drug-likeness (QED) is 0.0838. The number of aryl methyl sites for hydroxylation is 2. The molecule has 0 bridgehead atoms. The van der Waals surface area contributed by atoms with E-state index in [4.69, 9.17) is 28.4 Å². The summed E-state index contributed by atoms with van der Waals surface area (Å²) in [5.74, 6) is 0.301. The first-order valence-electron chi connectivity index (χ1n) is 17.1. The van der Waals surface area contributed by atoms with Gasteiger partial charge >= 0.3 is 0 Å². The molecule has 2 aromatic carbocycles. The lowest BCUT2D eigenvalue weighted by Crippen LogP contribution is -2.62. The van der Waals surface area contributed by atoms with E-state index < -0.39 is 106 Å². The topological polar surface area (TPSA) is 258 Å². The van der Waals surface area contributed by atoms with E-state index in [0.717, 1.165) is 24.0 Å². The van der Waals surface area contributed by atoms with E-state index in [9.17, 15) is 51.1 Å². The third-order valence-electron chi connectivity index (χ3n) is 9.72. The minimum atomic E-state index is -2.03. The van der Waals surface area contributed by atoms with Gasteiger partial charge in [-0.05, 0) is 67.5 Å². The first kappa shape index (κ1) is 39.7. The maximum atomic E-state index is 11.3. The van der Waals surface area contributed by atoms with Crippen molar-refractivity contribution in [3.63, 3.8) is 0 Å². The normalized spacial score (nSPS) is 36.0. The molecule has 3 heterocycles. The lowest BCUT2D eigenvalue weighted by atomic mass is 9.97. The zero-order valence-electron chi connectivity index (χ0n) is 28.1. The number of hydrogen-bond acceptors (Lipinski definition) is 16. The van der Waals surface area contributed by atoms with Gasteiger partial charge in [-0.2, -0.15) is 0 Å². The van der Waals surface area contributed by atoms with E-state index in [2.05, 4.69) is 0 Å². The fourth-order valence-electron chi connectivity index (χ4n) is 6.31. The van der Waals surface area contributed by atoms with Gasteiger partial charge in [0.1, 0.15) is 59.3 Å². The van der Waals surface area contributed by atoms with E-state index >= 15 is 0 Å². The predicted octanol–water partition coefficient (Wildman–Crippen LogP) is -1.44. The van der Waals surface area contributed by atoms with E-state index in [0.29, 0.717) is 25.7 Å². The van der Waals surface area contributed by atoms with Crippen LogP contribution < -0.4 is 0 Å². The summed E-state index contributed by atoms with van der Waals surface area (Å²) in [7, 11) is 0. The van der Waals surface area contributed by atoms with Crippen LogP contribution in [0.25, 0.3) is 0 Å². The Kier molecular flexibility index (Phi) is 13.6. The second-order valence-electron chi connectivity index (χ2n) is 13.6. The van der Waals surface area contributed by atoms with Gasteiger partial charge in [-0.1, -0.05) is 30.7 Å². The predicted molar refractivity (Wildman–Crippen MR) is 174 cm³/mol. The third-order valence-corrected chi connectivity index (χ3v) is 9.72. The average Bonchev–Trinajstić information content (AvgIpc) is 3.58. The Balaban J connectivity index is 1.32. The molecule has 3 saturated heterocycles. The zero-order chi connectivity index (χ0) is 36.8. The molecule has 51 heavy (non-hydrogen) atoms. The maximum absolute atomic E-state index is 11.3. The number of unbranched alkanes of at least 4 members (excludes halogenated alkanes) is 1. The zero-order valence-corrected chi connectivity index (χ0v) is 28.1. The number of aliphatic hydroxyl groups excluding tert-OH is 6. The molecule has 0 spiro atoms. The Hall–Kier alpha value is -2.52. The van der Waals surface area contributed by atoms with Gasteiger partial charge in [0.25, 0.3) is 0 Å². The second kappa shape index (κ2) is 17.5. The van der Waals surface area contributed by atoms with Crippen molar-refractivity contribution in [2.45, 2.75) is 111 Å². The lowest BCUT2D eigenvalue weighted by molar-refractivity contribution is -0.348. The number of benzene rings is 2. The van der Waals surface area contributed by atoms with Crippen LogP contribution in [0.4, 0.5) is 0 Å². The Labute approximate surface area is 294 Å². The summed E-state index contributed by atoms with van der Waals surface area (Å²) in [6.45, 7) is -2.95. The van der Waals surface area contributed by atoms with Crippen LogP contribution in [0.1, 0.15) is 36.8 Å². The van der Waals surface area contributed by atoms with Crippen LogP contribution in [-0.2, 0) is 41.3 Å². The van der Waals surface area contributed by atoms with Gasteiger partial charge in [-0.3, -0.25) is 0 Å². The number of aromatic hydroxyl groups is 2. The summed E-state index contributed by atoms with van der Waals surface area (Å²) >= 11 is 0. The average molecular weight is 727 g/mol. The molecule has 286 valence electrons. The highest BCUT2D eigenvalue weighted by atomic mass is 16.8. The number of aliphatic hydroxyl groups is 8. The van der Waals surface area contributed by atoms with E-state index in [1.165, 1.54) is 0 Å². The fraction of sp³-hybridized carbons (Fsp3) is 0.657. The summed E-state index contributed by atoms with van der Waals surface area (Å²) in [6.07, 6.45) is -10.5. The lowest BCUT2D eigenvalue weighted by Gasteiger charge is -2.44. The molecule has 0 aliphatic carbocycles. The molecule has 12 atom stereocenters. The van der Waals surface area contributed by atoms with Gasteiger partial charge < -0.3 is 79.5 Å². The molecule has 3 aliphatic rings. The Morgan fingerprint density at radius 2 is 1.24 bits per heavy atom. The third kappa shape index (κ3) is 9.73. The minimum Gasteiger partial charge on any atom is -0.508 e. The molecule has 3 fully saturated rings. The summed E-state index contributed by atoms with van der Waals surface area (Å²) < 4.78 is 34.8. The fourth-order valence-corrected chi connectivity index (χ4v) is 6.31. The highest BCUT2D eigenvalue weighted by Crippen LogP contribution is 2.34. The van der Waals surface area contributed by atoms with Crippen LogP contribution in [0.3, 0.4) is 0 Å². The van der Waals surface area contributed by atoms with Gasteiger partial charge in [0.2, 0.25) is 0 Å². The maximum Gasteiger partial charge on any atom is 0.187 e. The molecular formula is C35H50O16. The molecular weight excluding hydrogens is 676 g/mol. The highest BCUT2D eigenvalue weighted by Gasteiger charge is 2.54. The van der Waals surface area contributed by atoms with Crippen LogP contribution in [-0.4, -0.2) is 157 Å². The second-order valence-corrected chi connectivity index (χ2v) is 13.6. The van der Waals surface area contributed by atoms with Gasteiger partial charge in [0, 0.05) is 0 Å². The molecule has 10 N–H and O–H groups in total. The van der Waals surface area contributed by atoms with E-state index in [1.54, 1.807) is 36.4 Å². The Bertz CT molecular complexity index is 1350. The number of hydrogen-bond donors (Lipinski definition) is 10. The molecule has 0 saturated carbocycles. The monoisotopic (exact) mass is 726 g/mol. The van der Waals surface area contributed by atoms with Crippen LogP contribution in [0.15, 0.2) is 48.5 Å². The Morgan fingerprint density at radius 1 is 0.686 bits per heavy atom. The molecule has 16 heteroatoms. The van der Waals surface area contributed by atoms with E-state index in [-0.39, 0.29) is 11.5 Å². The molecule has 0 amide bonds. The standard InChI is InChI=1S/C35H50O16/c36-16-34(44)18-47-32(29(34)42)46-15-25-26(40)27(41)28(51-33-30(43)35(45,17-37)19-48-33)31(50-25)49-24(14-9-21-7-12-23(39)13-8-21)4-2-1-3-20-5-10-22(38)11-6-20/h5-8,10-13,24-33,36-45H,1-4,9,14-19H2/t24-,25-,26-,27+,28-,29+,30+,31-,32-,33+,34-,35-/m1/s1. The summed E-state index contributed by atoms with van der Waals surface area (Å²) in [4.78, 5) is 0. The number of phenolic OH excluding ortho intramolecular Hbond substituents is 2. The molecule has 0 unspecified atom stereocenters. The van der Waals surface area contributed by atoms with Crippen molar-refractivity contribution in [3.8, 4) is 11.5 Å². The molecule has 3 aliphatic heterocycles. The van der Waals surface area contributed by atoms with Gasteiger partial charge in [0.05, 0.1) is 39.1 Å². The van der Waals surface area contributed by atoms with Crippen molar-refractivity contribution in [3.05, 3.63) is 59.7 Å². The first-order valence-corrected chi connectivity index (χ1v) is 17.1. The SMILES string of the molecule is OC[C@@]1(O)CO[C@@H](OC[C@H]2O[C@@H](O[C@H](CCCCc3ccc(O)cc3)CCc3ccc(O)cc3)[C@H](O[C@@H]3OC[C@](O)(CO)[C@H]3O)[C@@H](O)[C@@H]2O)[C@@H]1O. The van der Waals surface area contributed by atoms with Gasteiger partial charge in [-0.15, -0.1) is 0 Å². The van der Waals surface area contributed by atoms with Crippen LogP contribution in [0.2, 0.25) is 0 Å². The minimum absolute atomic E-state index is 0.123. The van der Waals surface area contributed by atoms with Crippen molar-refractivity contribution in [1.82, 2.24) is 0 Å².